The second-order valence-corrected chi connectivity index (χ2v) is 8.23. The van der Waals surface area contributed by atoms with Gasteiger partial charge in [0.05, 0.1) is 25.8 Å². The normalized spacial score (nSPS) is 14.3. The van der Waals surface area contributed by atoms with E-state index in [0.717, 1.165) is 60.4 Å². The van der Waals surface area contributed by atoms with E-state index in [-0.39, 0.29) is 0 Å². The molecule has 1 aliphatic rings. The fraction of sp³-hybridized carbons (Fsp3) is 0.214. The summed E-state index contributed by atoms with van der Waals surface area (Å²) in [4.78, 5) is 19.0. The molecule has 33 heavy (non-hydrogen) atoms. The molecule has 1 aromatic heterocycles. The summed E-state index contributed by atoms with van der Waals surface area (Å²) >= 11 is 0. The number of carbonyl (C=O) groups excluding carboxylic acids is 1. The average molecular weight is 439 g/mol. The van der Waals surface area contributed by atoms with E-state index >= 15 is 0 Å². The minimum absolute atomic E-state index is 0.311. The molecule has 1 fully saturated rings. The zero-order chi connectivity index (χ0) is 22.6. The van der Waals surface area contributed by atoms with Crippen molar-refractivity contribution in [3.05, 3.63) is 90.1 Å². The van der Waals surface area contributed by atoms with Gasteiger partial charge in [-0.25, -0.2) is 9.78 Å². The Morgan fingerprint density at radius 1 is 0.909 bits per heavy atom. The molecule has 3 aromatic carbocycles. The molecule has 2 heterocycles. The van der Waals surface area contributed by atoms with Crippen LogP contribution in [0.4, 0.5) is 0 Å². The van der Waals surface area contributed by atoms with Crippen molar-refractivity contribution in [2.75, 3.05) is 33.4 Å². The first kappa shape index (κ1) is 21.3. The van der Waals surface area contributed by atoms with E-state index in [9.17, 15) is 4.79 Å². The largest absolute Gasteiger partial charge is 0.464 e. The maximum Gasteiger partial charge on any atom is 0.356 e. The van der Waals surface area contributed by atoms with Gasteiger partial charge in [0, 0.05) is 25.0 Å². The van der Waals surface area contributed by atoms with Gasteiger partial charge in [0.15, 0.2) is 0 Å². The number of methoxy groups -OCH3 is 1. The lowest BCUT2D eigenvalue weighted by molar-refractivity contribution is 0.0342. The monoisotopic (exact) mass is 438 g/mol. The first-order valence-corrected chi connectivity index (χ1v) is 11.2. The van der Waals surface area contributed by atoms with Crippen LogP contribution in [0.2, 0.25) is 0 Å². The van der Waals surface area contributed by atoms with Crippen molar-refractivity contribution in [2.24, 2.45) is 0 Å². The van der Waals surface area contributed by atoms with Gasteiger partial charge in [0.1, 0.15) is 5.69 Å². The molecule has 1 aliphatic heterocycles. The van der Waals surface area contributed by atoms with Gasteiger partial charge in [-0.05, 0) is 39.9 Å². The van der Waals surface area contributed by atoms with E-state index in [1.807, 2.05) is 30.3 Å². The molecular formula is C28H26N2O3. The number of aromatic nitrogens is 1. The zero-order valence-electron chi connectivity index (χ0n) is 18.7. The SMILES string of the molecule is COC(=O)c1cc(-c2ccc(-c3ccc(CN4CCOCC4)cc3)cc2)c2ccccc2n1. The topological polar surface area (TPSA) is 51.7 Å². The molecule has 0 aliphatic carbocycles. The number of carbonyl (C=O) groups is 1. The smallest absolute Gasteiger partial charge is 0.356 e. The number of pyridine rings is 1. The van der Waals surface area contributed by atoms with Gasteiger partial charge >= 0.3 is 5.97 Å². The van der Waals surface area contributed by atoms with Gasteiger partial charge in [-0.15, -0.1) is 0 Å². The summed E-state index contributed by atoms with van der Waals surface area (Å²) in [5, 5.41) is 1.00. The fourth-order valence-electron chi connectivity index (χ4n) is 4.29. The van der Waals surface area contributed by atoms with Crippen LogP contribution in [0.1, 0.15) is 16.1 Å². The molecule has 0 amide bonds. The molecule has 0 radical (unpaired) electrons. The van der Waals surface area contributed by atoms with Crippen LogP contribution < -0.4 is 0 Å². The minimum atomic E-state index is -0.434. The van der Waals surface area contributed by atoms with E-state index < -0.39 is 5.97 Å². The Bertz CT molecular complexity index is 1260. The number of fused-ring (bicyclic) bond motifs is 1. The number of benzene rings is 3. The Kier molecular flexibility index (Phi) is 6.15. The molecule has 1 saturated heterocycles. The Morgan fingerprint density at radius 2 is 1.55 bits per heavy atom. The molecule has 4 aromatic rings. The van der Waals surface area contributed by atoms with Crippen molar-refractivity contribution in [3.63, 3.8) is 0 Å². The summed E-state index contributed by atoms with van der Waals surface area (Å²) in [6, 6.07) is 26.9. The van der Waals surface area contributed by atoms with Crippen molar-refractivity contribution >= 4 is 16.9 Å². The predicted octanol–water partition coefficient (Wildman–Crippen LogP) is 5.19. The first-order chi connectivity index (χ1) is 16.2. The van der Waals surface area contributed by atoms with Crippen LogP contribution in [-0.2, 0) is 16.0 Å². The number of ether oxygens (including phenoxy) is 2. The molecule has 5 heteroatoms. The first-order valence-electron chi connectivity index (χ1n) is 11.2. The number of morpholine rings is 1. The van der Waals surface area contributed by atoms with Crippen LogP contribution in [0, 0.1) is 0 Å². The summed E-state index contributed by atoms with van der Waals surface area (Å²) in [7, 11) is 1.37. The number of para-hydroxylation sites is 1. The van der Waals surface area contributed by atoms with E-state index in [0.29, 0.717) is 5.69 Å². The van der Waals surface area contributed by atoms with Crippen molar-refractivity contribution in [2.45, 2.75) is 6.54 Å². The van der Waals surface area contributed by atoms with Crippen LogP contribution in [0.15, 0.2) is 78.9 Å². The van der Waals surface area contributed by atoms with Gasteiger partial charge in [0.2, 0.25) is 0 Å². The molecule has 5 rings (SSSR count). The van der Waals surface area contributed by atoms with E-state index in [4.69, 9.17) is 9.47 Å². The lowest BCUT2D eigenvalue weighted by Gasteiger charge is -2.26. The van der Waals surface area contributed by atoms with Gasteiger partial charge in [-0.2, -0.15) is 0 Å². The Balaban J connectivity index is 1.41. The third-order valence-corrected chi connectivity index (χ3v) is 6.10. The van der Waals surface area contributed by atoms with Gasteiger partial charge in [0.25, 0.3) is 0 Å². The molecular weight excluding hydrogens is 412 g/mol. The average Bonchev–Trinajstić information content (AvgIpc) is 2.89. The second kappa shape index (κ2) is 9.53. The third kappa shape index (κ3) is 4.65. The standard InChI is InChI=1S/C28H26N2O3/c1-32-28(31)27-18-25(24-4-2-3-5-26(24)29-27)23-12-10-22(11-13-23)21-8-6-20(7-9-21)19-30-14-16-33-17-15-30/h2-13,18H,14-17,19H2,1H3. The van der Waals surface area contributed by atoms with Crippen molar-refractivity contribution in [3.8, 4) is 22.3 Å². The third-order valence-electron chi connectivity index (χ3n) is 6.10. The highest BCUT2D eigenvalue weighted by Gasteiger charge is 2.14. The number of nitrogens with zero attached hydrogens (tertiary/aromatic N) is 2. The fourth-order valence-corrected chi connectivity index (χ4v) is 4.29. The summed E-state index contributed by atoms with van der Waals surface area (Å²) in [6.45, 7) is 4.58. The summed E-state index contributed by atoms with van der Waals surface area (Å²) < 4.78 is 10.3. The molecule has 0 unspecified atom stereocenters. The van der Waals surface area contributed by atoms with Gasteiger partial charge in [-0.3, -0.25) is 4.90 Å². The zero-order valence-corrected chi connectivity index (χ0v) is 18.7. The number of rotatable bonds is 5. The van der Waals surface area contributed by atoms with Crippen LogP contribution in [-0.4, -0.2) is 49.3 Å². The Labute approximate surface area is 193 Å². The van der Waals surface area contributed by atoms with Crippen molar-refractivity contribution in [1.29, 1.82) is 0 Å². The van der Waals surface area contributed by atoms with Gasteiger partial charge < -0.3 is 9.47 Å². The molecule has 0 atom stereocenters. The minimum Gasteiger partial charge on any atom is -0.464 e. The predicted molar refractivity (Wildman–Crippen MR) is 130 cm³/mol. The molecule has 0 spiro atoms. The quantitative estimate of drug-likeness (QED) is 0.402. The second-order valence-electron chi connectivity index (χ2n) is 8.23. The number of hydrogen-bond donors (Lipinski definition) is 0. The molecule has 0 bridgehead atoms. The Hall–Kier alpha value is -3.54. The summed E-state index contributed by atoms with van der Waals surface area (Å²) in [6.07, 6.45) is 0. The number of hydrogen-bond acceptors (Lipinski definition) is 5. The lowest BCUT2D eigenvalue weighted by atomic mass is 9.97. The van der Waals surface area contributed by atoms with E-state index in [1.54, 1.807) is 0 Å². The summed E-state index contributed by atoms with van der Waals surface area (Å²) in [5.74, 6) is -0.434. The maximum atomic E-state index is 12.1. The van der Waals surface area contributed by atoms with E-state index in [1.165, 1.54) is 18.2 Å². The maximum absolute atomic E-state index is 12.1. The Morgan fingerprint density at radius 3 is 2.24 bits per heavy atom. The van der Waals surface area contributed by atoms with E-state index in [2.05, 4.69) is 58.4 Å². The molecule has 0 saturated carbocycles. The van der Waals surface area contributed by atoms with Crippen LogP contribution in [0.3, 0.4) is 0 Å². The number of esters is 1. The summed E-state index contributed by atoms with van der Waals surface area (Å²) in [5.41, 5.74) is 6.74. The van der Waals surface area contributed by atoms with Crippen molar-refractivity contribution < 1.29 is 14.3 Å². The van der Waals surface area contributed by atoms with Crippen LogP contribution >= 0.6 is 0 Å². The van der Waals surface area contributed by atoms with Crippen molar-refractivity contribution in [1.82, 2.24) is 9.88 Å². The highest BCUT2D eigenvalue weighted by Crippen LogP contribution is 2.31. The lowest BCUT2D eigenvalue weighted by Crippen LogP contribution is -2.35. The molecule has 166 valence electrons. The molecule has 5 nitrogen and oxygen atoms in total. The van der Waals surface area contributed by atoms with Crippen LogP contribution in [0.5, 0.6) is 0 Å². The van der Waals surface area contributed by atoms with Crippen LogP contribution in [0.25, 0.3) is 33.2 Å². The van der Waals surface area contributed by atoms with Gasteiger partial charge in [-0.1, -0.05) is 66.7 Å². The molecule has 0 N–H and O–H groups in total. The highest BCUT2D eigenvalue weighted by molar-refractivity contribution is 5.99. The highest BCUT2D eigenvalue weighted by atomic mass is 16.5.